The van der Waals surface area contributed by atoms with E-state index >= 15 is 0 Å². The van der Waals surface area contributed by atoms with Gasteiger partial charge in [-0.15, -0.1) is 0 Å². The van der Waals surface area contributed by atoms with Crippen LogP contribution in [0.1, 0.15) is 37.8 Å². The predicted octanol–water partition coefficient (Wildman–Crippen LogP) is 2.04. The number of Topliss-reactive ketones (excluding diaryl/α,β-unsaturated/α-hetero) is 1. The Bertz CT molecular complexity index is 312. The van der Waals surface area contributed by atoms with E-state index in [1.54, 1.807) is 17.0 Å². The maximum atomic E-state index is 11.9. The van der Waals surface area contributed by atoms with Gasteiger partial charge in [-0.2, -0.15) is 0 Å². The fourth-order valence-corrected chi connectivity index (χ4v) is 1.05. The molecule has 0 radical (unpaired) electrons. The highest BCUT2D eigenvalue weighted by Gasteiger charge is 2.28. The summed E-state index contributed by atoms with van der Waals surface area (Å²) >= 11 is 0. The summed E-state index contributed by atoms with van der Waals surface area (Å²) in [6, 6.07) is 0. The fourth-order valence-electron chi connectivity index (χ4n) is 1.05. The van der Waals surface area contributed by atoms with Gasteiger partial charge in [0.2, 0.25) is 5.78 Å². The van der Waals surface area contributed by atoms with Crippen molar-refractivity contribution in [1.29, 1.82) is 0 Å². The molecule has 0 fully saturated rings. The normalized spacial score (nSPS) is 11.7. The summed E-state index contributed by atoms with van der Waals surface area (Å²) in [5.74, 6) is 0.661. The first-order chi connectivity index (χ1) is 5.99. The van der Waals surface area contributed by atoms with Gasteiger partial charge in [0.05, 0.1) is 0 Å². The van der Waals surface area contributed by atoms with E-state index in [4.69, 9.17) is 0 Å². The van der Waals surface area contributed by atoms with Crippen molar-refractivity contribution in [2.45, 2.75) is 27.2 Å². The maximum absolute atomic E-state index is 11.9. The van der Waals surface area contributed by atoms with E-state index < -0.39 is 0 Å². The number of rotatable bonds is 3. The van der Waals surface area contributed by atoms with Gasteiger partial charge < -0.3 is 4.57 Å². The molecule has 1 aromatic rings. The Morgan fingerprint density at radius 1 is 1.62 bits per heavy atom. The van der Waals surface area contributed by atoms with Crippen LogP contribution in [0.5, 0.6) is 0 Å². The van der Waals surface area contributed by atoms with E-state index in [1.807, 2.05) is 27.8 Å². The highest BCUT2D eigenvalue weighted by atomic mass is 16.1. The standard InChI is InChI=1S/C10H16N2O/c1-5-10(2,3)8(13)9-11-6-7-12(9)4/h6-7H,5H2,1-4H3. The Hall–Kier alpha value is -1.12. The van der Waals surface area contributed by atoms with Gasteiger partial charge in [-0.25, -0.2) is 4.98 Å². The predicted molar refractivity (Wildman–Crippen MR) is 51.6 cm³/mol. The second-order valence-corrected chi connectivity index (χ2v) is 3.93. The Kier molecular flexibility index (Phi) is 2.55. The highest BCUT2D eigenvalue weighted by molar-refractivity contribution is 5.97. The average Bonchev–Trinajstić information content (AvgIpc) is 2.50. The van der Waals surface area contributed by atoms with Gasteiger partial charge >= 0.3 is 0 Å². The largest absolute Gasteiger partial charge is 0.332 e. The summed E-state index contributed by atoms with van der Waals surface area (Å²) in [4.78, 5) is 15.9. The van der Waals surface area contributed by atoms with E-state index in [-0.39, 0.29) is 11.2 Å². The molecule has 0 N–H and O–H groups in total. The molecule has 1 rings (SSSR count). The third-order valence-corrected chi connectivity index (χ3v) is 2.52. The van der Waals surface area contributed by atoms with Crippen LogP contribution in [0.2, 0.25) is 0 Å². The van der Waals surface area contributed by atoms with Crippen molar-refractivity contribution >= 4 is 5.78 Å². The van der Waals surface area contributed by atoms with Crippen LogP contribution in [0.3, 0.4) is 0 Å². The molecule has 0 aliphatic rings. The van der Waals surface area contributed by atoms with Gasteiger partial charge in [0.25, 0.3) is 0 Å². The molecule has 0 bridgehead atoms. The Labute approximate surface area is 78.8 Å². The van der Waals surface area contributed by atoms with Crippen molar-refractivity contribution in [3.8, 4) is 0 Å². The van der Waals surface area contributed by atoms with Crippen LogP contribution in [0.15, 0.2) is 12.4 Å². The monoisotopic (exact) mass is 180 g/mol. The number of carbonyl (C=O) groups is 1. The van der Waals surface area contributed by atoms with Gasteiger partial charge in [-0.1, -0.05) is 20.8 Å². The Morgan fingerprint density at radius 2 is 2.23 bits per heavy atom. The molecule has 1 aromatic heterocycles. The summed E-state index contributed by atoms with van der Waals surface area (Å²) in [5.41, 5.74) is -0.306. The average molecular weight is 180 g/mol. The number of aryl methyl sites for hydroxylation is 1. The molecule has 1 heterocycles. The van der Waals surface area contributed by atoms with Gasteiger partial charge in [0.15, 0.2) is 5.82 Å². The first kappa shape index (κ1) is 9.96. The molecule has 0 aromatic carbocycles. The molecule has 0 unspecified atom stereocenters. The number of carbonyl (C=O) groups excluding carboxylic acids is 1. The van der Waals surface area contributed by atoms with Crippen LogP contribution in [-0.2, 0) is 7.05 Å². The molecule has 3 heteroatoms. The minimum absolute atomic E-state index is 0.113. The molecule has 0 aliphatic heterocycles. The molecule has 3 nitrogen and oxygen atoms in total. The lowest BCUT2D eigenvalue weighted by Crippen LogP contribution is -2.26. The molecule has 0 saturated carbocycles. The van der Waals surface area contributed by atoms with Crippen molar-refractivity contribution in [3.05, 3.63) is 18.2 Å². The van der Waals surface area contributed by atoms with E-state index in [0.717, 1.165) is 6.42 Å². The van der Waals surface area contributed by atoms with E-state index in [2.05, 4.69) is 4.98 Å². The number of nitrogens with zero attached hydrogens (tertiary/aromatic N) is 2. The van der Waals surface area contributed by atoms with Gasteiger partial charge in [0, 0.05) is 24.9 Å². The smallest absolute Gasteiger partial charge is 0.203 e. The Balaban J connectivity index is 2.98. The molecule has 0 spiro atoms. The van der Waals surface area contributed by atoms with Crippen LogP contribution in [-0.4, -0.2) is 15.3 Å². The van der Waals surface area contributed by atoms with Crippen molar-refractivity contribution in [1.82, 2.24) is 9.55 Å². The lowest BCUT2D eigenvalue weighted by atomic mass is 9.85. The van der Waals surface area contributed by atoms with Gasteiger partial charge in [-0.05, 0) is 6.42 Å². The first-order valence-electron chi connectivity index (χ1n) is 4.51. The third kappa shape index (κ3) is 1.79. The van der Waals surface area contributed by atoms with E-state index in [9.17, 15) is 4.79 Å². The summed E-state index contributed by atoms with van der Waals surface area (Å²) in [7, 11) is 1.84. The molecule has 0 amide bonds. The lowest BCUT2D eigenvalue weighted by Gasteiger charge is -2.19. The van der Waals surface area contributed by atoms with Gasteiger partial charge in [-0.3, -0.25) is 4.79 Å². The zero-order valence-electron chi connectivity index (χ0n) is 8.66. The molecular weight excluding hydrogens is 164 g/mol. The van der Waals surface area contributed by atoms with Crippen molar-refractivity contribution < 1.29 is 4.79 Å². The molecule has 0 atom stereocenters. The number of hydrogen-bond acceptors (Lipinski definition) is 2. The van der Waals surface area contributed by atoms with Crippen LogP contribution in [0.25, 0.3) is 0 Å². The summed E-state index contributed by atoms with van der Waals surface area (Å²) in [6.07, 6.45) is 4.27. The molecule has 0 aliphatic carbocycles. The van der Waals surface area contributed by atoms with Crippen LogP contribution >= 0.6 is 0 Å². The zero-order valence-corrected chi connectivity index (χ0v) is 8.66. The van der Waals surface area contributed by atoms with Crippen molar-refractivity contribution in [2.24, 2.45) is 12.5 Å². The second-order valence-electron chi connectivity index (χ2n) is 3.93. The first-order valence-corrected chi connectivity index (χ1v) is 4.51. The molecular formula is C10H16N2O. The molecule has 0 saturated heterocycles. The second kappa shape index (κ2) is 3.32. The number of hydrogen-bond donors (Lipinski definition) is 0. The maximum Gasteiger partial charge on any atom is 0.203 e. The van der Waals surface area contributed by atoms with Crippen molar-refractivity contribution in [3.63, 3.8) is 0 Å². The zero-order chi connectivity index (χ0) is 10.1. The minimum atomic E-state index is -0.306. The number of imidazole rings is 1. The fraction of sp³-hybridized carbons (Fsp3) is 0.600. The minimum Gasteiger partial charge on any atom is -0.332 e. The number of aromatic nitrogens is 2. The third-order valence-electron chi connectivity index (χ3n) is 2.52. The van der Waals surface area contributed by atoms with Gasteiger partial charge in [0.1, 0.15) is 0 Å². The van der Waals surface area contributed by atoms with E-state index in [1.165, 1.54) is 0 Å². The molecule has 13 heavy (non-hydrogen) atoms. The summed E-state index contributed by atoms with van der Waals surface area (Å²) in [5, 5.41) is 0. The van der Waals surface area contributed by atoms with Crippen LogP contribution in [0, 0.1) is 5.41 Å². The summed E-state index contributed by atoms with van der Waals surface area (Å²) < 4.78 is 1.76. The lowest BCUT2D eigenvalue weighted by molar-refractivity contribution is 0.0818. The van der Waals surface area contributed by atoms with Crippen LogP contribution < -0.4 is 0 Å². The van der Waals surface area contributed by atoms with E-state index in [0.29, 0.717) is 5.82 Å². The topological polar surface area (TPSA) is 34.9 Å². The quantitative estimate of drug-likeness (QED) is 0.667. The SMILES string of the molecule is CCC(C)(C)C(=O)c1nccn1C. The van der Waals surface area contributed by atoms with Crippen LogP contribution in [0.4, 0.5) is 0 Å². The highest BCUT2D eigenvalue weighted by Crippen LogP contribution is 2.24. The molecule has 72 valence electrons. The summed E-state index contributed by atoms with van der Waals surface area (Å²) in [6.45, 7) is 5.91. The van der Waals surface area contributed by atoms with Crippen molar-refractivity contribution in [2.75, 3.05) is 0 Å². The number of ketones is 1. The Morgan fingerprint density at radius 3 is 2.62 bits per heavy atom.